The first-order chi connectivity index (χ1) is 48.6. The van der Waals surface area contributed by atoms with E-state index >= 15 is 0 Å². The summed E-state index contributed by atoms with van der Waals surface area (Å²) < 4.78 is 0. The van der Waals surface area contributed by atoms with Crippen molar-refractivity contribution in [1.82, 2.24) is 63.5 Å². The largest absolute Gasteiger partial charge is 0.481 e. The smallest absolute Gasteiger partial charge is 0.303 e. The van der Waals surface area contributed by atoms with Gasteiger partial charge in [0.25, 0.3) is 0 Å². The fourth-order valence-electron chi connectivity index (χ4n) is 11.4. The fraction of sp³-hybridized carbons (Fsp3) is 0.562. The lowest BCUT2D eigenvalue weighted by Gasteiger charge is -2.27. The lowest BCUT2D eigenvalue weighted by Crippen LogP contribution is -2.61. The molecule has 0 aliphatic rings. The van der Waals surface area contributed by atoms with Crippen LogP contribution in [0.1, 0.15) is 179 Å². The number of benzene rings is 3. The van der Waals surface area contributed by atoms with Crippen LogP contribution >= 0.6 is 0 Å². The van der Waals surface area contributed by atoms with Gasteiger partial charge in [-0.05, 0) is 68.7 Å². The van der Waals surface area contributed by atoms with Gasteiger partial charge in [0.1, 0.15) is 54.4 Å². The average Bonchev–Trinajstić information content (AvgIpc) is 1.73. The van der Waals surface area contributed by atoms with Gasteiger partial charge in [0.15, 0.2) is 5.96 Å². The Labute approximate surface area is 592 Å². The summed E-state index contributed by atoms with van der Waals surface area (Å²) in [6.07, 6.45) is 16.1. The monoisotopic (exact) mass is 1410 g/mol. The Morgan fingerprint density at radius 2 is 0.832 bits per heavy atom. The van der Waals surface area contributed by atoms with Crippen molar-refractivity contribution < 1.29 is 68.1 Å². The molecular weight excluding hydrogens is 1300 g/mol. The van der Waals surface area contributed by atoms with Crippen LogP contribution in [0.4, 0.5) is 0 Å². The molecule has 4 rings (SSSR count). The molecule has 0 fully saturated rings. The van der Waals surface area contributed by atoms with Crippen molar-refractivity contribution in [2.45, 2.75) is 236 Å². The maximum atomic E-state index is 14.6. The van der Waals surface area contributed by atoms with Crippen molar-refractivity contribution in [2.24, 2.45) is 5.73 Å². The molecule has 18 N–H and O–H groups in total. The molecule has 0 saturated carbocycles. The summed E-state index contributed by atoms with van der Waals surface area (Å²) >= 11 is 0. The van der Waals surface area contributed by atoms with E-state index in [1.807, 2.05) is 31.2 Å². The number of nitrogens with two attached hydrogens (primary N) is 1. The molecule has 556 valence electrons. The minimum absolute atomic E-state index is 0.00748. The number of para-hydroxylation sites is 1. The summed E-state index contributed by atoms with van der Waals surface area (Å²) in [6, 6.07) is 11.5. The molecule has 9 atom stereocenters. The maximum Gasteiger partial charge on any atom is 0.303 e. The number of aliphatic hydroxyl groups is 2. The highest BCUT2D eigenvalue weighted by Gasteiger charge is 2.36. The second-order valence-corrected chi connectivity index (χ2v) is 25.5. The summed E-state index contributed by atoms with van der Waals surface area (Å²) in [5, 5.41) is 67.8. The number of aromatic amines is 1. The highest BCUT2D eigenvalue weighted by Crippen LogP contribution is 2.20. The van der Waals surface area contributed by atoms with E-state index in [0.29, 0.717) is 30.4 Å². The van der Waals surface area contributed by atoms with Gasteiger partial charge < -0.3 is 84.5 Å². The predicted molar refractivity (Wildman–Crippen MR) is 384 cm³/mol. The van der Waals surface area contributed by atoms with Crippen LogP contribution in [0, 0.1) is 5.41 Å². The van der Waals surface area contributed by atoms with Crippen LogP contribution in [-0.2, 0) is 72.0 Å². The molecule has 10 amide bonds. The molecule has 0 aliphatic heterocycles. The van der Waals surface area contributed by atoms with Crippen LogP contribution in [0.5, 0.6) is 0 Å². The number of carboxylic acids is 1. The van der Waals surface area contributed by atoms with E-state index < -0.39 is 145 Å². The number of guanidine groups is 1. The normalized spacial score (nSPS) is 13.8. The number of carboxylic acid groups (broad SMARTS) is 1. The molecule has 0 saturated heterocycles. The number of aliphatic hydroxyl groups excluding tert-OH is 2. The zero-order chi connectivity index (χ0) is 73.9. The number of carbonyl (C=O) groups excluding carboxylic acids is 10. The minimum Gasteiger partial charge on any atom is -0.481 e. The molecule has 0 radical (unpaired) electrons. The van der Waals surface area contributed by atoms with E-state index in [-0.39, 0.29) is 64.0 Å². The molecule has 1 heterocycles. The van der Waals surface area contributed by atoms with E-state index in [1.54, 1.807) is 73.8 Å². The molecule has 28 nitrogen and oxygen atoms in total. The average molecular weight is 1410 g/mol. The van der Waals surface area contributed by atoms with Crippen LogP contribution in [0.25, 0.3) is 10.9 Å². The molecule has 0 aliphatic carbocycles. The predicted octanol–water partition coefficient (Wildman–Crippen LogP) is 3.50. The summed E-state index contributed by atoms with van der Waals surface area (Å²) in [5.41, 5.74) is 8.22. The Morgan fingerprint density at radius 3 is 1.33 bits per heavy atom. The number of hydrogen-bond acceptors (Lipinski definition) is 14. The number of rotatable bonds is 51. The van der Waals surface area contributed by atoms with Gasteiger partial charge in [0.2, 0.25) is 59.1 Å². The number of H-pyrrole nitrogens is 1. The third-order valence-electron chi connectivity index (χ3n) is 17.2. The first kappa shape index (κ1) is 84.0. The molecular formula is C73H110N14O14. The number of amides is 10. The lowest BCUT2D eigenvalue weighted by atomic mass is 10.0. The van der Waals surface area contributed by atoms with Crippen molar-refractivity contribution in [1.29, 1.82) is 5.41 Å². The van der Waals surface area contributed by atoms with Crippen LogP contribution in [0.2, 0.25) is 0 Å². The minimum atomic E-state index is -1.83. The van der Waals surface area contributed by atoms with Crippen molar-refractivity contribution in [3.8, 4) is 0 Å². The van der Waals surface area contributed by atoms with Gasteiger partial charge in [0.05, 0.1) is 13.2 Å². The van der Waals surface area contributed by atoms with Gasteiger partial charge >= 0.3 is 5.97 Å². The number of hydrogen-bond donors (Lipinski definition) is 17. The zero-order valence-electron chi connectivity index (χ0n) is 59.1. The first-order valence-electron chi connectivity index (χ1n) is 35.8. The van der Waals surface area contributed by atoms with Gasteiger partial charge in [-0.2, -0.15) is 0 Å². The molecule has 0 spiro atoms. The Balaban J connectivity index is 1.46. The Morgan fingerprint density at radius 1 is 0.426 bits per heavy atom. The molecule has 101 heavy (non-hydrogen) atoms. The molecule has 0 bridgehead atoms. The van der Waals surface area contributed by atoms with Crippen LogP contribution in [0.15, 0.2) is 91.1 Å². The Bertz CT molecular complexity index is 3250. The zero-order valence-corrected chi connectivity index (χ0v) is 59.1. The van der Waals surface area contributed by atoms with Crippen molar-refractivity contribution in [3.63, 3.8) is 0 Å². The number of fused-ring (bicyclic) bond motifs is 1. The Kier molecular flexibility index (Phi) is 39.6. The highest BCUT2D eigenvalue weighted by atomic mass is 16.4. The van der Waals surface area contributed by atoms with E-state index in [1.165, 1.54) is 58.3 Å². The van der Waals surface area contributed by atoms with Crippen LogP contribution in [-0.4, -0.2) is 172 Å². The summed E-state index contributed by atoms with van der Waals surface area (Å²) in [6.45, 7) is 5.60. The van der Waals surface area contributed by atoms with Gasteiger partial charge in [-0.1, -0.05) is 183 Å². The highest BCUT2D eigenvalue weighted by molar-refractivity contribution is 5.99. The molecule has 0 unspecified atom stereocenters. The van der Waals surface area contributed by atoms with Gasteiger partial charge in [0, 0.05) is 62.3 Å². The first-order valence-corrected chi connectivity index (χ1v) is 35.8. The molecule has 1 aromatic heterocycles. The third kappa shape index (κ3) is 32.2. The molecule has 28 heteroatoms. The second kappa shape index (κ2) is 47.6. The Hall–Kier alpha value is -9.44. The number of likely N-dealkylation sites (N-methyl/N-ethyl adjacent to an activating group) is 1. The summed E-state index contributed by atoms with van der Waals surface area (Å²) in [7, 11) is 0. The standard InChI is InChI=1S/C73H110N14O14/c1-5-8-10-11-12-13-14-15-16-17-18-19-26-38-62(90)80-60(46-88)71(100)84-57(42-49-30-22-20-23-31-49)69(98)79-48(4)64(93)81-54(35-9-6-2)66(95)83-56(39-40-63(91)92)68(97)87-61(47-89)72(101)85-58(43-50-32-24-21-25-33-50)70(99)82-55(37-29-41-77-73(74)75)67(96)86-59(65(94)76-7-3)44-51-45-78-53-36-28-27-34-52(51)53/h20-25,27-28,30-34,36,45,48,54-61,78,88-89H,5-19,26,29,35,37-44,46-47H2,1-4H3,(H,76,94)(H,79,98)(H,80,90)(H,81,93)(H,82,99)(H,83,95)(H,84,100)(H,85,101)(H,86,96)(H,87,97)(H,91,92)(H4,74,75,77)/t48-,54-,55-,56-,57-,58+,59-,60-,61-/m0/s1. The van der Waals surface area contributed by atoms with Gasteiger partial charge in [-0.15, -0.1) is 0 Å². The maximum absolute atomic E-state index is 14.6. The number of carbonyl (C=O) groups is 11. The van der Waals surface area contributed by atoms with Crippen LogP contribution < -0.4 is 64.2 Å². The van der Waals surface area contributed by atoms with Crippen molar-refractivity contribution >= 4 is 81.9 Å². The summed E-state index contributed by atoms with van der Waals surface area (Å²) in [5.74, 6) is -10.0. The topological polar surface area (TPSA) is 446 Å². The number of aromatic nitrogens is 1. The van der Waals surface area contributed by atoms with E-state index in [0.717, 1.165) is 42.1 Å². The van der Waals surface area contributed by atoms with E-state index in [9.17, 15) is 68.1 Å². The van der Waals surface area contributed by atoms with E-state index in [2.05, 4.69) is 70.4 Å². The molecule has 3 aromatic carbocycles. The lowest BCUT2D eigenvalue weighted by molar-refractivity contribution is -0.139. The quantitative estimate of drug-likeness (QED) is 0.0171. The number of nitrogens with one attached hydrogen (secondary N) is 13. The van der Waals surface area contributed by atoms with E-state index in [4.69, 9.17) is 11.1 Å². The third-order valence-corrected chi connectivity index (χ3v) is 17.2. The second-order valence-electron chi connectivity index (χ2n) is 25.5. The summed E-state index contributed by atoms with van der Waals surface area (Å²) in [4.78, 5) is 155. The number of unbranched alkanes of at least 4 members (excludes halogenated alkanes) is 13. The number of aliphatic carboxylic acids is 1. The fourth-order valence-corrected chi connectivity index (χ4v) is 11.4. The molecule has 4 aromatic rings. The van der Waals surface area contributed by atoms with Crippen molar-refractivity contribution in [2.75, 3.05) is 26.3 Å². The van der Waals surface area contributed by atoms with Gasteiger partial charge in [-0.3, -0.25) is 58.1 Å². The van der Waals surface area contributed by atoms with Gasteiger partial charge in [-0.25, -0.2) is 0 Å². The van der Waals surface area contributed by atoms with Crippen molar-refractivity contribution in [3.05, 3.63) is 108 Å². The van der Waals surface area contributed by atoms with Crippen LogP contribution in [0.3, 0.4) is 0 Å². The SMILES string of the molecule is CCCCCCCCCCCCCCCC(=O)N[C@@H](CO)C(=O)N[C@@H](Cc1ccccc1)C(=O)N[C@@H](C)C(=O)N[C@@H](CCCC)C(=O)N[C@@H](CCC(=O)O)C(=O)N[C@@H](CO)C(=O)N[C@H](Cc1ccccc1)C(=O)N[C@@H](CCCNC(=N)N)C(=O)N[C@@H](Cc1c[nH]c2ccccc12)C(=O)NCC.